The van der Waals surface area contributed by atoms with E-state index in [4.69, 9.17) is 4.74 Å². The molecule has 1 aliphatic rings. The lowest BCUT2D eigenvalue weighted by molar-refractivity contribution is -0.114. The van der Waals surface area contributed by atoms with E-state index in [2.05, 4.69) is 53.5 Å². The number of aryl methyl sites for hydroxylation is 1. The molecule has 1 aliphatic heterocycles. The first-order valence-electron chi connectivity index (χ1n) is 9.52. The van der Waals surface area contributed by atoms with Gasteiger partial charge < -0.3 is 15.0 Å². The van der Waals surface area contributed by atoms with Gasteiger partial charge in [-0.05, 0) is 68.2 Å². The lowest BCUT2D eigenvalue weighted by Gasteiger charge is -2.29. The highest BCUT2D eigenvalue weighted by Gasteiger charge is 2.18. The van der Waals surface area contributed by atoms with Gasteiger partial charge in [0.1, 0.15) is 5.75 Å². The summed E-state index contributed by atoms with van der Waals surface area (Å²) in [6, 6.07) is 14.6. The molecule has 1 amide bonds. The highest BCUT2D eigenvalue weighted by Crippen LogP contribution is 2.35. The van der Waals surface area contributed by atoms with Crippen LogP contribution < -0.4 is 15.0 Å². The van der Waals surface area contributed by atoms with Crippen LogP contribution in [0, 0.1) is 6.92 Å². The number of carbonyl (C=O) groups excluding carboxylic acids is 1. The van der Waals surface area contributed by atoms with Crippen molar-refractivity contribution in [3.8, 4) is 5.75 Å². The minimum Gasteiger partial charge on any atom is -0.489 e. The second-order valence-corrected chi connectivity index (χ2v) is 7.27. The summed E-state index contributed by atoms with van der Waals surface area (Å²) < 4.78 is 5.97. The van der Waals surface area contributed by atoms with E-state index in [1.165, 1.54) is 23.7 Å². The Morgan fingerprint density at radius 2 is 1.93 bits per heavy atom. The molecule has 1 N–H and O–H groups in total. The van der Waals surface area contributed by atoms with Crippen LogP contribution in [0.5, 0.6) is 5.75 Å². The van der Waals surface area contributed by atoms with E-state index >= 15 is 0 Å². The zero-order valence-electron chi connectivity index (χ0n) is 16.6. The summed E-state index contributed by atoms with van der Waals surface area (Å²) in [5, 5.41) is 2.89. The fourth-order valence-corrected chi connectivity index (χ4v) is 3.46. The predicted octanol–water partition coefficient (Wildman–Crippen LogP) is 5.03. The lowest BCUT2D eigenvalue weighted by atomic mass is 9.94. The smallest absolute Gasteiger partial charge is 0.221 e. The zero-order valence-corrected chi connectivity index (χ0v) is 16.6. The second-order valence-electron chi connectivity index (χ2n) is 7.27. The number of hydrogen-bond donors (Lipinski definition) is 1. The summed E-state index contributed by atoms with van der Waals surface area (Å²) >= 11 is 0. The van der Waals surface area contributed by atoms with Crippen LogP contribution in [0.2, 0.25) is 0 Å². The lowest BCUT2D eigenvalue weighted by Crippen LogP contribution is -2.28. The van der Waals surface area contributed by atoms with Crippen molar-refractivity contribution in [2.75, 3.05) is 23.3 Å². The van der Waals surface area contributed by atoms with E-state index in [1.54, 1.807) is 0 Å². The zero-order chi connectivity index (χ0) is 19.4. The number of hydrogen-bond acceptors (Lipinski definition) is 3. The molecular weight excluding hydrogens is 336 g/mol. The molecule has 0 unspecified atom stereocenters. The normalized spacial score (nSPS) is 14.1. The van der Waals surface area contributed by atoms with Gasteiger partial charge in [0.15, 0.2) is 0 Å². The number of nitrogens with zero attached hydrogens (tertiary/aromatic N) is 1. The third-order valence-corrected chi connectivity index (χ3v) is 4.68. The maximum atomic E-state index is 11.5. The van der Waals surface area contributed by atoms with Crippen molar-refractivity contribution in [3.05, 3.63) is 59.7 Å². The summed E-state index contributed by atoms with van der Waals surface area (Å²) in [5.74, 6) is 0.637. The van der Waals surface area contributed by atoms with Gasteiger partial charge in [0.25, 0.3) is 0 Å². The highest BCUT2D eigenvalue weighted by atomic mass is 16.5. The molecule has 1 heterocycles. The quantitative estimate of drug-likeness (QED) is 0.809. The molecule has 0 saturated carbocycles. The monoisotopic (exact) mass is 364 g/mol. The number of anilines is 2. The predicted molar refractivity (Wildman–Crippen MR) is 112 cm³/mol. The Kier molecular flexibility index (Phi) is 5.84. The number of nitrogens with one attached hydrogen (secondary N) is 1. The molecule has 0 fully saturated rings. The Morgan fingerprint density at radius 1 is 1.19 bits per heavy atom. The largest absolute Gasteiger partial charge is 0.489 e. The van der Waals surface area contributed by atoms with Crippen molar-refractivity contribution in [3.63, 3.8) is 0 Å². The van der Waals surface area contributed by atoms with Crippen LogP contribution >= 0.6 is 0 Å². The number of ether oxygens (including phenoxy) is 1. The first-order valence-corrected chi connectivity index (χ1v) is 9.52. The number of para-hydroxylation sites is 1. The number of benzene rings is 2. The number of amides is 1. The van der Waals surface area contributed by atoms with Gasteiger partial charge in [-0.15, -0.1) is 0 Å². The van der Waals surface area contributed by atoms with Gasteiger partial charge in [0, 0.05) is 25.7 Å². The summed E-state index contributed by atoms with van der Waals surface area (Å²) in [5.41, 5.74) is 5.68. The first kappa shape index (κ1) is 19.0. The third-order valence-electron chi connectivity index (χ3n) is 4.68. The molecule has 0 aliphatic carbocycles. The molecule has 0 spiro atoms. The van der Waals surface area contributed by atoms with Gasteiger partial charge in [-0.1, -0.05) is 24.3 Å². The Labute approximate surface area is 161 Å². The van der Waals surface area contributed by atoms with Crippen molar-refractivity contribution in [1.29, 1.82) is 0 Å². The third kappa shape index (κ3) is 4.70. The van der Waals surface area contributed by atoms with Crippen LogP contribution in [0.15, 0.2) is 48.5 Å². The van der Waals surface area contributed by atoms with Crippen molar-refractivity contribution < 1.29 is 9.53 Å². The molecule has 142 valence electrons. The van der Waals surface area contributed by atoms with Crippen LogP contribution in [-0.2, 0) is 4.79 Å². The fourth-order valence-electron chi connectivity index (χ4n) is 3.46. The van der Waals surface area contributed by atoms with Crippen LogP contribution in [0.25, 0.3) is 5.57 Å². The van der Waals surface area contributed by atoms with Crippen molar-refractivity contribution in [2.24, 2.45) is 0 Å². The molecular formula is C23H28N2O2. The van der Waals surface area contributed by atoms with Crippen molar-refractivity contribution >= 4 is 22.9 Å². The molecule has 4 nitrogen and oxygen atoms in total. The maximum Gasteiger partial charge on any atom is 0.221 e. The van der Waals surface area contributed by atoms with E-state index in [0.29, 0.717) is 0 Å². The second kappa shape index (κ2) is 8.30. The van der Waals surface area contributed by atoms with Gasteiger partial charge in [-0.25, -0.2) is 0 Å². The van der Waals surface area contributed by atoms with Crippen LogP contribution in [0.3, 0.4) is 0 Å². The van der Waals surface area contributed by atoms with Crippen LogP contribution in [-0.4, -0.2) is 25.1 Å². The van der Waals surface area contributed by atoms with Crippen molar-refractivity contribution in [2.45, 2.75) is 40.2 Å². The van der Waals surface area contributed by atoms with E-state index in [1.807, 2.05) is 26.0 Å². The van der Waals surface area contributed by atoms with Crippen LogP contribution in [0.4, 0.5) is 11.4 Å². The first-order chi connectivity index (χ1) is 12.9. The number of carbonyl (C=O) groups is 1. The van der Waals surface area contributed by atoms with E-state index in [-0.39, 0.29) is 12.0 Å². The molecule has 4 heteroatoms. The van der Waals surface area contributed by atoms with Gasteiger partial charge in [0.05, 0.1) is 11.8 Å². The van der Waals surface area contributed by atoms with Gasteiger partial charge in [-0.2, -0.15) is 0 Å². The summed E-state index contributed by atoms with van der Waals surface area (Å²) in [7, 11) is 0. The minimum absolute atomic E-state index is 0.0435. The van der Waals surface area contributed by atoms with Crippen LogP contribution in [0.1, 0.15) is 38.3 Å². The molecule has 0 atom stereocenters. The average Bonchev–Trinajstić information content (AvgIpc) is 2.64. The molecule has 27 heavy (non-hydrogen) atoms. The Morgan fingerprint density at radius 3 is 2.52 bits per heavy atom. The fraction of sp³-hybridized carbons (Fsp3) is 0.348. The molecule has 3 rings (SSSR count). The maximum absolute atomic E-state index is 11.5. The molecule has 2 aromatic carbocycles. The van der Waals surface area contributed by atoms with Gasteiger partial charge >= 0.3 is 0 Å². The van der Waals surface area contributed by atoms with E-state index in [9.17, 15) is 4.79 Å². The standard InChI is InChI=1S/C23H28N2O2/c1-16(2)27-23-15-21(17(3)14-22(23)24-18(4)26)19-10-12-25(13-11-19)20-8-6-5-7-9-20/h5-10,14-16H,11-13H2,1-4H3,(H,24,26). The summed E-state index contributed by atoms with van der Waals surface area (Å²) in [6.07, 6.45) is 3.33. The topological polar surface area (TPSA) is 41.6 Å². The van der Waals surface area contributed by atoms with Gasteiger partial charge in [0.2, 0.25) is 5.91 Å². The van der Waals surface area contributed by atoms with Gasteiger partial charge in [-0.3, -0.25) is 4.79 Å². The molecule has 2 aromatic rings. The highest BCUT2D eigenvalue weighted by molar-refractivity contribution is 5.91. The molecule has 0 saturated heterocycles. The minimum atomic E-state index is -0.0915. The Balaban J connectivity index is 1.87. The summed E-state index contributed by atoms with van der Waals surface area (Å²) in [6.45, 7) is 9.48. The average molecular weight is 364 g/mol. The Hall–Kier alpha value is -2.75. The van der Waals surface area contributed by atoms with E-state index < -0.39 is 0 Å². The summed E-state index contributed by atoms with van der Waals surface area (Å²) in [4.78, 5) is 13.9. The SMILES string of the molecule is CC(=O)Nc1cc(C)c(C2=CCN(c3ccccc3)CC2)cc1OC(C)C. The molecule has 0 aromatic heterocycles. The Bertz CT molecular complexity index is 841. The van der Waals surface area contributed by atoms with Crippen molar-refractivity contribution in [1.82, 2.24) is 0 Å². The molecule has 0 bridgehead atoms. The molecule has 0 radical (unpaired) electrons. The van der Waals surface area contributed by atoms with E-state index in [0.717, 1.165) is 36.5 Å². The number of rotatable bonds is 5.